The SMILES string of the molecule is CN(CCC(=O)O)S(=O)(=O)NCCC#N. The van der Waals surface area contributed by atoms with Gasteiger partial charge in [0.1, 0.15) is 0 Å². The first-order valence-electron chi connectivity index (χ1n) is 4.20. The number of carbonyl (C=O) groups is 1. The molecule has 86 valence electrons. The zero-order valence-electron chi connectivity index (χ0n) is 8.30. The molecule has 0 aromatic heterocycles. The highest BCUT2D eigenvalue weighted by atomic mass is 32.2. The molecule has 15 heavy (non-hydrogen) atoms. The summed E-state index contributed by atoms with van der Waals surface area (Å²) in [7, 11) is -2.38. The van der Waals surface area contributed by atoms with Gasteiger partial charge < -0.3 is 5.11 Å². The predicted octanol–water partition coefficient (Wildman–Crippen LogP) is -0.859. The second kappa shape index (κ2) is 6.34. The number of nitrogens with one attached hydrogen (secondary N) is 1. The fraction of sp³-hybridized carbons (Fsp3) is 0.714. The van der Waals surface area contributed by atoms with Gasteiger partial charge in [-0.2, -0.15) is 18.0 Å². The number of hydrogen-bond donors (Lipinski definition) is 2. The summed E-state index contributed by atoms with van der Waals surface area (Å²) in [5, 5.41) is 16.6. The van der Waals surface area contributed by atoms with Crippen molar-refractivity contribution in [2.45, 2.75) is 12.8 Å². The second-order valence-electron chi connectivity index (χ2n) is 2.77. The van der Waals surface area contributed by atoms with E-state index in [0.29, 0.717) is 0 Å². The first-order chi connectivity index (χ1) is 6.90. The monoisotopic (exact) mass is 235 g/mol. The Bertz CT molecular complexity index is 346. The van der Waals surface area contributed by atoms with Gasteiger partial charge in [-0.1, -0.05) is 0 Å². The van der Waals surface area contributed by atoms with E-state index in [2.05, 4.69) is 4.72 Å². The molecule has 0 radical (unpaired) electrons. The fourth-order valence-electron chi connectivity index (χ4n) is 0.719. The number of aliphatic carboxylic acids is 1. The van der Waals surface area contributed by atoms with Crippen molar-refractivity contribution in [2.75, 3.05) is 20.1 Å². The van der Waals surface area contributed by atoms with Crippen molar-refractivity contribution in [3.05, 3.63) is 0 Å². The lowest BCUT2D eigenvalue weighted by molar-refractivity contribution is -0.137. The van der Waals surface area contributed by atoms with Crippen LogP contribution in [0.5, 0.6) is 0 Å². The molecule has 0 saturated carbocycles. The van der Waals surface area contributed by atoms with Crippen LogP contribution in [0.1, 0.15) is 12.8 Å². The van der Waals surface area contributed by atoms with E-state index in [1.54, 1.807) is 6.07 Å². The summed E-state index contributed by atoms with van der Waals surface area (Å²) in [6.45, 7) is -0.0759. The minimum absolute atomic E-state index is 0.0241. The fourth-order valence-corrected chi connectivity index (χ4v) is 1.63. The minimum atomic E-state index is -3.66. The molecular formula is C7H13N3O4S. The molecule has 0 rings (SSSR count). The van der Waals surface area contributed by atoms with Crippen molar-refractivity contribution >= 4 is 16.2 Å². The Balaban J connectivity index is 4.09. The topological polar surface area (TPSA) is 110 Å². The van der Waals surface area contributed by atoms with Crippen molar-refractivity contribution in [3.63, 3.8) is 0 Å². The van der Waals surface area contributed by atoms with Crippen LogP contribution in [0.2, 0.25) is 0 Å². The lowest BCUT2D eigenvalue weighted by Crippen LogP contribution is -2.39. The van der Waals surface area contributed by atoms with Gasteiger partial charge in [0.05, 0.1) is 12.5 Å². The maximum atomic E-state index is 11.3. The van der Waals surface area contributed by atoms with E-state index in [1.165, 1.54) is 7.05 Å². The van der Waals surface area contributed by atoms with Gasteiger partial charge in [-0.15, -0.1) is 0 Å². The maximum absolute atomic E-state index is 11.3. The van der Waals surface area contributed by atoms with Gasteiger partial charge in [0.15, 0.2) is 0 Å². The van der Waals surface area contributed by atoms with Gasteiger partial charge in [0, 0.05) is 26.6 Å². The molecule has 8 heteroatoms. The van der Waals surface area contributed by atoms with E-state index >= 15 is 0 Å². The summed E-state index contributed by atoms with van der Waals surface area (Å²) in [5.74, 6) is -1.06. The van der Waals surface area contributed by atoms with Crippen LogP contribution in [-0.2, 0) is 15.0 Å². The molecule has 0 fully saturated rings. The van der Waals surface area contributed by atoms with E-state index in [4.69, 9.17) is 10.4 Å². The van der Waals surface area contributed by atoms with Gasteiger partial charge in [0.25, 0.3) is 10.2 Å². The summed E-state index contributed by atoms with van der Waals surface area (Å²) in [6, 6.07) is 1.79. The molecule has 7 nitrogen and oxygen atoms in total. The molecule has 0 saturated heterocycles. The van der Waals surface area contributed by atoms with E-state index < -0.39 is 16.2 Å². The lowest BCUT2D eigenvalue weighted by atomic mass is 10.4. The molecule has 0 unspecified atom stereocenters. The zero-order chi connectivity index (χ0) is 11.9. The molecule has 0 heterocycles. The number of carboxylic acid groups (broad SMARTS) is 1. The van der Waals surface area contributed by atoms with Crippen LogP contribution in [0.4, 0.5) is 0 Å². The maximum Gasteiger partial charge on any atom is 0.304 e. The van der Waals surface area contributed by atoms with Gasteiger partial charge in [-0.25, -0.2) is 4.72 Å². The van der Waals surface area contributed by atoms with Crippen LogP contribution in [-0.4, -0.2) is 43.9 Å². The Morgan fingerprint density at radius 2 is 2.20 bits per heavy atom. The molecule has 0 atom stereocenters. The van der Waals surface area contributed by atoms with E-state index in [0.717, 1.165) is 4.31 Å². The van der Waals surface area contributed by atoms with E-state index in [1.807, 2.05) is 0 Å². The zero-order valence-corrected chi connectivity index (χ0v) is 9.12. The summed E-state index contributed by atoms with van der Waals surface area (Å²) in [6.07, 6.45) is -0.179. The van der Waals surface area contributed by atoms with Crippen molar-refractivity contribution in [1.29, 1.82) is 5.26 Å². The van der Waals surface area contributed by atoms with Crippen LogP contribution in [0.25, 0.3) is 0 Å². The number of nitriles is 1. The number of hydrogen-bond acceptors (Lipinski definition) is 4. The highest BCUT2D eigenvalue weighted by molar-refractivity contribution is 7.87. The Labute approximate surface area is 88.5 Å². The average Bonchev–Trinajstić information content (AvgIpc) is 2.14. The molecular weight excluding hydrogens is 222 g/mol. The normalized spacial score (nSPS) is 11.3. The van der Waals surface area contributed by atoms with Crippen LogP contribution in [0.3, 0.4) is 0 Å². The standard InChI is InChI=1S/C7H13N3O4S/c1-10(6-3-7(11)12)15(13,14)9-5-2-4-8/h9H,2-3,5-6H2,1H3,(H,11,12). The summed E-state index contributed by atoms with van der Waals surface area (Å²) < 4.78 is 25.7. The highest BCUT2D eigenvalue weighted by Gasteiger charge is 2.17. The third-order valence-electron chi connectivity index (χ3n) is 1.57. The van der Waals surface area contributed by atoms with Gasteiger partial charge >= 0.3 is 5.97 Å². The summed E-state index contributed by atoms with van der Waals surface area (Å²) in [4.78, 5) is 10.2. The molecule has 0 aliphatic rings. The lowest BCUT2D eigenvalue weighted by Gasteiger charge is -2.15. The van der Waals surface area contributed by atoms with Crippen LogP contribution in [0.15, 0.2) is 0 Å². The van der Waals surface area contributed by atoms with Crippen LogP contribution in [0, 0.1) is 11.3 Å². The summed E-state index contributed by atoms with van der Waals surface area (Å²) >= 11 is 0. The van der Waals surface area contributed by atoms with E-state index in [-0.39, 0.29) is 25.9 Å². The first kappa shape index (κ1) is 13.8. The quantitative estimate of drug-likeness (QED) is 0.558. The van der Waals surface area contributed by atoms with E-state index in [9.17, 15) is 13.2 Å². The van der Waals surface area contributed by atoms with Crippen molar-refractivity contribution < 1.29 is 18.3 Å². The number of nitrogens with zero attached hydrogens (tertiary/aromatic N) is 2. The Hall–Kier alpha value is -1.17. The predicted molar refractivity (Wildman–Crippen MR) is 52.0 cm³/mol. The Morgan fingerprint density at radius 1 is 1.60 bits per heavy atom. The van der Waals surface area contributed by atoms with Crippen molar-refractivity contribution in [1.82, 2.24) is 9.03 Å². The Kier molecular flexibility index (Phi) is 5.84. The largest absolute Gasteiger partial charge is 0.481 e. The van der Waals surface area contributed by atoms with Gasteiger partial charge in [0.2, 0.25) is 0 Å². The molecule has 0 aromatic rings. The second-order valence-corrected chi connectivity index (χ2v) is 4.63. The molecule has 2 N–H and O–H groups in total. The molecule has 0 spiro atoms. The third-order valence-corrected chi connectivity index (χ3v) is 3.14. The number of carboxylic acids is 1. The molecule has 0 aromatic carbocycles. The smallest absolute Gasteiger partial charge is 0.304 e. The molecule has 0 aliphatic heterocycles. The van der Waals surface area contributed by atoms with Gasteiger partial charge in [-0.3, -0.25) is 4.79 Å². The van der Waals surface area contributed by atoms with Crippen LogP contribution < -0.4 is 4.72 Å². The Morgan fingerprint density at radius 3 is 2.67 bits per heavy atom. The minimum Gasteiger partial charge on any atom is -0.481 e. The number of rotatable bonds is 7. The molecule has 0 bridgehead atoms. The average molecular weight is 235 g/mol. The molecule has 0 aliphatic carbocycles. The third kappa shape index (κ3) is 6.01. The van der Waals surface area contributed by atoms with Crippen molar-refractivity contribution in [3.8, 4) is 6.07 Å². The highest BCUT2D eigenvalue weighted by Crippen LogP contribution is 1.95. The first-order valence-corrected chi connectivity index (χ1v) is 5.64. The molecule has 0 amide bonds. The summed E-state index contributed by atoms with van der Waals surface area (Å²) in [5.41, 5.74) is 0. The van der Waals surface area contributed by atoms with Crippen molar-refractivity contribution in [2.24, 2.45) is 0 Å². The van der Waals surface area contributed by atoms with Crippen LogP contribution >= 0.6 is 0 Å². The van der Waals surface area contributed by atoms with Gasteiger partial charge in [-0.05, 0) is 0 Å².